The summed E-state index contributed by atoms with van der Waals surface area (Å²) in [6, 6.07) is 6.77. The van der Waals surface area contributed by atoms with Gasteiger partial charge in [0.1, 0.15) is 0 Å². The number of carbonyl (C=O) groups excluding carboxylic acids is 2. The van der Waals surface area contributed by atoms with Gasteiger partial charge in [-0.3, -0.25) is 14.4 Å². The van der Waals surface area contributed by atoms with E-state index in [0.29, 0.717) is 42.4 Å². The van der Waals surface area contributed by atoms with Gasteiger partial charge in [-0.15, -0.1) is 0 Å². The van der Waals surface area contributed by atoms with Crippen molar-refractivity contribution in [1.29, 1.82) is 0 Å². The number of carbonyl (C=O) groups is 2. The second kappa shape index (κ2) is 6.16. The molecule has 120 valence electrons. The van der Waals surface area contributed by atoms with Crippen LogP contribution in [0.4, 0.5) is 0 Å². The lowest BCUT2D eigenvalue weighted by atomic mass is 9.95. The van der Waals surface area contributed by atoms with Gasteiger partial charge >= 0.3 is 0 Å². The van der Waals surface area contributed by atoms with Crippen LogP contribution in [0.5, 0.6) is 0 Å². The molecule has 6 nitrogen and oxygen atoms in total. The SMILES string of the molecule is NC(=O)C1CCN(C(=O)c2cc(=O)[nH]c3c(Br)cccc23)CC1. The van der Waals surface area contributed by atoms with Crippen molar-refractivity contribution in [3.63, 3.8) is 0 Å². The number of halogens is 1. The summed E-state index contributed by atoms with van der Waals surface area (Å²) < 4.78 is 0.731. The lowest BCUT2D eigenvalue weighted by Gasteiger charge is -2.30. The van der Waals surface area contributed by atoms with E-state index in [4.69, 9.17) is 5.73 Å². The average molecular weight is 378 g/mol. The monoisotopic (exact) mass is 377 g/mol. The number of piperidine rings is 1. The Hall–Kier alpha value is -2.15. The maximum absolute atomic E-state index is 12.8. The summed E-state index contributed by atoms with van der Waals surface area (Å²) >= 11 is 3.39. The fraction of sp³-hybridized carbons (Fsp3) is 0.312. The Bertz CT molecular complexity index is 838. The van der Waals surface area contributed by atoms with Gasteiger partial charge in [0.25, 0.3) is 5.91 Å². The number of pyridine rings is 1. The number of hydrogen-bond acceptors (Lipinski definition) is 3. The number of nitrogens with one attached hydrogen (secondary N) is 1. The summed E-state index contributed by atoms with van der Waals surface area (Å²) in [5.74, 6) is -0.686. The zero-order valence-electron chi connectivity index (χ0n) is 12.3. The molecule has 0 unspecified atom stereocenters. The molecule has 2 aromatic rings. The van der Waals surface area contributed by atoms with E-state index in [-0.39, 0.29) is 23.3 Å². The molecule has 0 spiro atoms. The van der Waals surface area contributed by atoms with Crippen LogP contribution in [0.1, 0.15) is 23.2 Å². The number of rotatable bonds is 2. The van der Waals surface area contributed by atoms with Crippen LogP contribution in [0.3, 0.4) is 0 Å². The van der Waals surface area contributed by atoms with Gasteiger partial charge in [0.15, 0.2) is 0 Å². The number of hydrogen-bond donors (Lipinski definition) is 2. The van der Waals surface area contributed by atoms with Gasteiger partial charge in [0.2, 0.25) is 11.5 Å². The lowest BCUT2D eigenvalue weighted by molar-refractivity contribution is -0.123. The van der Waals surface area contributed by atoms with Crippen molar-refractivity contribution in [3.05, 3.63) is 44.7 Å². The molecule has 3 N–H and O–H groups in total. The Morgan fingerprint density at radius 1 is 1.26 bits per heavy atom. The standard InChI is InChI=1S/C16H16BrN3O3/c17-12-3-1-2-10-11(8-13(21)19-14(10)12)16(23)20-6-4-9(5-7-20)15(18)22/h1-3,8-9H,4-7H2,(H2,18,22)(H,19,21). The molecule has 23 heavy (non-hydrogen) atoms. The van der Waals surface area contributed by atoms with Gasteiger partial charge in [-0.05, 0) is 34.8 Å². The van der Waals surface area contributed by atoms with Crippen LogP contribution in [-0.2, 0) is 4.79 Å². The number of likely N-dealkylation sites (tertiary alicyclic amines) is 1. The Labute approximate surface area is 140 Å². The highest BCUT2D eigenvalue weighted by Crippen LogP contribution is 2.25. The summed E-state index contributed by atoms with van der Waals surface area (Å²) in [6.07, 6.45) is 1.12. The van der Waals surface area contributed by atoms with Gasteiger partial charge in [0, 0.05) is 34.9 Å². The molecule has 1 aromatic heterocycles. The minimum Gasteiger partial charge on any atom is -0.369 e. The molecule has 0 atom stereocenters. The Balaban J connectivity index is 1.95. The number of benzene rings is 1. The molecule has 1 aromatic carbocycles. The molecule has 0 bridgehead atoms. The van der Waals surface area contributed by atoms with Crippen LogP contribution in [0.15, 0.2) is 33.5 Å². The lowest BCUT2D eigenvalue weighted by Crippen LogP contribution is -2.42. The van der Waals surface area contributed by atoms with Gasteiger partial charge in [-0.25, -0.2) is 0 Å². The van der Waals surface area contributed by atoms with E-state index in [1.165, 1.54) is 6.07 Å². The van der Waals surface area contributed by atoms with E-state index < -0.39 is 0 Å². The summed E-state index contributed by atoms with van der Waals surface area (Å²) in [7, 11) is 0. The highest BCUT2D eigenvalue weighted by atomic mass is 79.9. The van der Waals surface area contributed by atoms with Crippen LogP contribution in [0, 0.1) is 5.92 Å². The second-order valence-electron chi connectivity index (χ2n) is 5.68. The molecule has 1 fully saturated rings. The topological polar surface area (TPSA) is 96.3 Å². The third-order valence-corrected chi connectivity index (χ3v) is 4.90. The summed E-state index contributed by atoms with van der Waals surface area (Å²) in [5, 5.41) is 0.695. The first-order chi connectivity index (χ1) is 11.0. The molecule has 2 amide bonds. The van der Waals surface area contributed by atoms with Crippen LogP contribution < -0.4 is 11.3 Å². The molecule has 3 rings (SSSR count). The third-order valence-electron chi connectivity index (χ3n) is 4.24. The van der Waals surface area contributed by atoms with Crippen molar-refractivity contribution in [2.75, 3.05) is 13.1 Å². The number of para-hydroxylation sites is 1. The molecule has 1 aliphatic rings. The Kier molecular flexibility index (Phi) is 4.21. The smallest absolute Gasteiger partial charge is 0.254 e. The van der Waals surface area contributed by atoms with Crippen molar-refractivity contribution in [1.82, 2.24) is 9.88 Å². The number of primary amides is 1. The van der Waals surface area contributed by atoms with Crippen LogP contribution in [-0.4, -0.2) is 34.8 Å². The summed E-state index contributed by atoms with van der Waals surface area (Å²) in [5.41, 5.74) is 5.98. The van der Waals surface area contributed by atoms with E-state index in [1.54, 1.807) is 11.0 Å². The zero-order chi connectivity index (χ0) is 16.6. The van der Waals surface area contributed by atoms with Gasteiger partial charge in [-0.2, -0.15) is 0 Å². The third kappa shape index (κ3) is 3.01. The van der Waals surface area contributed by atoms with Crippen molar-refractivity contribution in [2.24, 2.45) is 11.7 Å². The first kappa shape index (κ1) is 15.7. The Morgan fingerprint density at radius 2 is 1.96 bits per heavy atom. The first-order valence-corrected chi connectivity index (χ1v) is 8.17. The predicted octanol–water partition coefficient (Wildman–Crippen LogP) is 1.63. The maximum atomic E-state index is 12.8. The van der Waals surface area contributed by atoms with Gasteiger partial charge < -0.3 is 15.6 Å². The van der Waals surface area contributed by atoms with E-state index in [1.807, 2.05) is 12.1 Å². The molecular formula is C16H16BrN3O3. The van der Waals surface area contributed by atoms with Crippen molar-refractivity contribution in [3.8, 4) is 0 Å². The van der Waals surface area contributed by atoms with E-state index in [2.05, 4.69) is 20.9 Å². The van der Waals surface area contributed by atoms with Gasteiger partial charge in [0.05, 0.1) is 11.1 Å². The number of fused-ring (bicyclic) bond motifs is 1. The number of nitrogens with zero attached hydrogens (tertiary/aromatic N) is 1. The highest BCUT2D eigenvalue weighted by Gasteiger charge is 2.27. The van der Waals surface area contributed by atoms with Crippen LogP contribution in [0.2, 0.25) is 0 Å². The summed E-state index contributed by atoms with van der Waals surface area (Å²) in [4.78, 5) is 40.3. The fourth-order valence-electron chi connectivity index (χ4n) is 2.96. The van der Waals surface area contributed by atoms with E-state index in [0.717, 1.165) is 4.47 Å². The highest BCUT2D eigenvalue weighted by molar-refractivity contribution is 9.10. The largest absolute Gasteiger partial charge is 0.369 e. The molecular weight excluding hydrogens is 362 g/mol. The molecule has 0 radical (unpaired) electrons. The second-order valence-corrected chi connectivity index (χ2v) is 6.53. The number of H-pyrrole nitrogens is 1. The van der Waals surface area contributed by atoms with Crippen molar-refractivity contribution >= 4 is 38.6 Å². The first-order valence-electron chi connectivity index (χ1n) is 7.37. The van der Waals surface area contributed by atoms with Crippen LogP contribution in [0.25, 0.3) is 10.9 Å². The van der Waals surface area contributed by atoms with Gasteiger partial charge in [-0.1, -0.05) is 12.1 Å². The molecule has 1 saturated heterocycles. The van der Waals surface area contributed by atoms with Crippen LogP contribution >= 0.6 is 15.9 Å². The normalized spacial score (nSPS) is 15.8. The number of aromatic amines is 1. The molecule has 0 saturated carbocycles. The number of aromatic nitrogens is 1. The minimum atomic E-state index is -0.320. The molecule has 1 aliphatic heterocycles. The quantitative estimate of drug-likeness (QED) is 0.831. The van der Waals surface area contributed by atoms with Crippen molar-refractivity contribution in [2.45, 2.75) is 12.8 Å². The fourth-order valence-corrected chi connectivity index (χ4v) is 3.42. The minimum absolute atomic E-state index is 0.177. The molecule has 2 heterocycles. The van der Waals surface area contributed by atoms with E-state index >= 15 is 0 Å². The van der Waals surface area contributed by atoms with Crippen molar-refractivity contribution < 1.29 is 9.59 Å². The van der Waals surface area contributed by atoms with E-state index in [9.17, 15) is 14.4 Å². The molecule has 7 heteroatoms. The molecule has 0 aliphatic carbocycles. The predicted molar refractivity (Wildman–Crippen MR) is 90.1 cm³/mol. The Morgan fingerprint density at radius 3 is 2.61 bits per heavy atom. The summed E-state index contributed by atoms with van der Waals surface area (Å²) in [6.45, 7) is 0.934. The zero-order valence-corrected chi connectivity index (χ0v) is 13.9. The maximum Gasteiger partial charge on any atom is 0.254 e. The average Bonchev–Trinajstić information content (AvgIpc) is 2.54. The number of nitrogens with two attached hydrogens (primary N) is 1. The number of amides is 2.